The van der Waals surface area contributed by atoms with E-state index in [-0.39, 0.29) is 0 Å². The van der Waals surface area contributed by atoms with Gasteiger partial charge in [-0.05, 0) is 24.2 Å². The molecule has 0 fully saturated rings. The van der Waals surface area contributed by atoms with Crippen LogP contribution in [0, 0.1) is 17.8 Å². The van der Waals surface area contributed by atoms with E-state index < -0.39 is 0 Å². The van der Waals surface area contributed by atoms with Gasteiger partial charge in [0, 0.05) is 0 Å². The van der Waals surface area contributed by atoms with Crippen molar-refractivity contribution in [2.45, 2.75) is 88.0 Å². The minimum atomic E-state index is 0.884. The molecule has 0 nitrogen and oxygen atoms in total. The molecule has 0 N–H and O–H groups in total. The molecule has 0 unspecified atom stereocenters. The Morgan fingerprint density at radius 3 is 0.850 bits per heavy atom. The van der Waals surface area contributed by atoms with Gasteiger partial charge in [-0.25, -0.2) is 0 Å². The van der Waals surface area contributed by atoms with Crippen LogP contribution in [0.25, 0.3) is 0 Å². The van der Waals surface area contributed by atoms with E-state index >= 15 is 0 Å². The zero-order valence-corrected chi connectivity index (χ0v) is 15.9. The molecular weight excluding hydrogens is 240 g/mol. The second kappa shape index (κ2) is 20.8. The third kappa shape index (κ3) is 43.2. The molecule has 0 saturated carbocycles. The molecule has 1 aliphatic carbocycles. The van der Waals surface area contributed by atoms with Gasteiger partial charge in [0.05, 0.1) is 0 Å². The van der Waals surface area contributed by atoms with E-state index in [4.69, 9.17) is 0 Å². The van der Waals surface area contributed by atoms with Crippen LogP contribution in [0.15, 0.2) is 24.3 Å². The zero-order chi connectivity index (χ0) is 16.4. The fourth-order valence-electron chi connectivity index (χ4n) is 0.393. The summed E-state index contributed by atoms with van der Waals surface area (Å²) < 4.78 is 0. The molecule has 0 aliphatic heterocycles. The van der Waals surface area contributed by atoms with Crippen LogP contribution in [0.4, 0.5) is 0 Å². The smallest absolute Gasteiger partial charge is 0.0163 e. The maximum absolute atomic E-state index is 2.22. The molecule has 20 heavy (non-hydrogen) atoms. The van der Waals surface area contributed by atoms with Crippen LogP contribution in [0.5, 0.6) is 0 Å². The molecule has 1 aliphatic rings. The third-order valence-corrected chi connectivity index (χ3v) is 3.10. The van der Waals surface area contributed by atoms with Crippen LogP contribution in [-0.2, 0) is 0 Å². The van der Waals surface area contributed by atoms with Crippen molar-refractivity contribution in [2.24, 2.45) is 17.8 Å². The zero-order valence-electron chi connectivity index (χ0n) is 15.9. The minimum Gasteiger partial charge on any atom is -0.0808 e. The first-order valence-corrected chi connectivity index (χ1v) is 8.63. The second-order valence-corrected chi connectivity index (χ2v) is 6.50. The highest BCUT2D eigenvalue weighted by atomic mass is 13.9. The van der Waals surface area contributed by atoms with Gasteiger partial charge in [-0.3, -0.25) is 0 Å². The summed E-state index contributed by atoms with van der Waals surface area (Å²) in [6, 6.07) is 0. The number of allylic oxidation sites excluding steroid dienone is 4. The molecule has 0 amide bonds. The first kappa shape index (κ1) is 24.5. The Bertz CT molecular complexity index is 165. The van der Waals surface area contributed by atoms with Gasteiger partial charge in [0.25, 0.3) is 0 Å². The first-order chi connectivity index (χ1) is 9.31. The van der Waals surface area contributed by atoms with Crippen molar-refractivity contribution in [2.75, 3.05) is 0 Å². The molecule has 0 saturated heterocycles. The average Bonchev–Trinajstić information content (AvgIpc) is 2.99. The third-order valence-electron chi connectivity index (χ3n) is 3.10. The van der Waals surface area contributed by atoms with Crippen LogP contribution in [0.2, 0.25) is 0 Å². The Balaban J connectivity index is -0.000000193. The molecule has 0 spiro atoms. The lowest BCUT2D eigenvalue weighted by Gasteiger charge is -1.90. The number of hydrogen-bond acceptors (Lipinski definition) is 0. The van der Waals surface area contributed by atoms with Crippen molar-refractivity contribution in [3.8, 4) is 0 Å². The van der Waals surface area contributed by atoms with Crippen molar-refractivity contribution in [1.82, 2.24) is 0 Å². The first-order valence-electron chi connectivity index (χ1n) is 8.63. The maximum atomic E-state index is 2.22. The van der Waals surface area contributed by atoms with Crippen LogP contribution in [0.3, 0.4) is 0 Å². The van der Waals surface area contributed by atoms with Gasteiger partial charge < -0.3 is 0 Å². The summed E-state index contributed by atoms with van der Waals surface area (Å²) in [4.78, 5) is 0. The van der Waals surface area contributed by atoms with Crippen molar-refractivity contribution >= 4 is 0 Å². The van der Waals surface area contributed by atoms with Gasteiger partial charge in [0.1, 0.15) is 0 Å². The lowest BCUT2D eigenvalue weighted by molar-refractivity contribution is 0.626. The Morgan fingerprint density at radius 2 is 0.800 bits per heavy atom. The molecule has 122 valence electrons. The maximum Gasteiger partial charge on any atom is -0.0163 e. The van der Waals surface area contributed by atoms with E-state index in [0.29, 0.717) is 0 Å². The minimum absolute atomic E-state index is 0.884. The van der Waals surface area contributed by atoms with Crippen molar-refractivity contribution in [1.29, 1.82) is 0 Å². The van der Waals surface area contributed by atoms with Gasteiger partial charge in [-0.15, -0.1) is 0 Å². The molecule has 0 heteroatoms. The topological polar surface area (TPSA) is 0 Å². The predicted molar refractivity (Wildman–Crippen MR) is 98.3 cm³/mol. The van der Waals surface area contributed by atoms with Crippen molar-refractivity contribution in [3.63, 3.8) is 0 Å². The molecule has 0 atom stereocenters. The van der Waals surface area contributed by atoms with Crippen molar-refractivity contribution in [3.05, 3.63) is 24.3 Å². The van der Waals surface area contributed by atoms with E-state index in [0.717, 1.165) is 24.2 Å². The quantitative estimate of drug-likeness (QED) is 0.498. The molecule has 0 aromatic rings. The average molecular weight is 283 g/mol. The van der Waals surface area contributed by atoms with Crippen LogP contribution >= 0.6 is 0 Å². The predicted octanol–water partition coefficient (Wildman–Crippen LogP) is 7.66. The van der Waals surface area contributed by atoms with Gasteiger partial charge in [0.15, 0.2) is 0 Å². The standard InChI is InChI=1S/C5H6.3C5H12/c1-2-4-5-3-1;3*1-4-5(2)3/h1-4H,5H2;3*5H,4H2,1-3H3. The van der Waals surface area contributed by atoms with E-state index in [2.05, 4.69) is 86.6 Å². The molecule has 0 aromatic carbocycles. The van der Waals surface area contributed by atoms with Crippen LogP contribution in [-0.4, -0.2) is 0 Å². The molecular formula is C20H42. The highest BCUT2D eigenvalue weighted by Crippen LogP contribution is 1.95. The summed E-state index contributed by atoms with van der Waals surface area (Å²) in [5, 5.41) is 0. The fraction of sp³-hybridized carbons (Fsp3) is 0.800. The Hall–Kier alpha value is -0.520. The van der Waals surface area contributed by atoms with Crippen molar-refractivity contribution < 1.29 is 0 Å². The molecule has 0 radical (unpaired) electrons. The molecule has 0 aromatic heterocycles. The second-order valence-electron chi connectivity index (χ2n) is 6.50. The highest BCUT2D eigenvalue weighted by Gasteiger charge is 1.81. The number of rotatable bonds is 3. The molecule has 1 rings (SSSR count). The summed E-state index contributed by atoms with van der Waals surface area (Å²) in [5.74, 6) is 2.65. The summed E-state index contributed by atoms with van der Waals surface area (Å²) in [5.41, 5.74) is 0. The van der Waals surface area contributed by atoms with E-state index in [1.807, 2.05) is 0 Å². The Morgan fingerprint density at radius 1 is 0.600 bits per heavy atom. The Labute approximate surface area is 130 Å². The summed E-state index contributed by atoms with van der Waals surface area (Å²) in [6.45, 7) is 19.9. The van der Waals surface area contributed by atoms with Gasteiger partial charge in [0.2, 0.25) is 0 Å². The largest absolute Gasteiger partial charge is 0.0808 e. The molecule has 0 heterocycles. The highest BCUT2D eigenvalue weighted by molar-refractivity contribution is 5.11. The fourth-order valence-corrected chi connectivity index (χ4v) is 0.393. The van der Waals surface area contributed by atoms with E-state index in [1.54, 1.807) is 0 Å². The van der Waals surface area contributed by atoms with E-state index in [1.165, 1.54) is 19.3 Å². The van der Waals surface area contributed by atoms with Crippen LogP contribution in [0.1, 0.15) is 88.0 Å². The Kier molecular flexibility index (Phi) is 25.5. The number of hydrogen-bond donors (Lipinski definition) is 0. The van der Waals surface area contributed by atoms with Gasteiger partial charge in [-0.1, -0.05) is 106 Å². The lowest BCUT2D eigenvalue weighted by atomic mass is 10.2. The van der Waals surface area contributed by atoms with E-state index in [9.17, 15) is 0 Å². The lowest BCUT2D eigenvalue weighted by Crippen LogP contribution is -1.77. The monoisotopic (exact) mass is 282 g/mol. The summed E-state index contributed by atoms with van der Waals surface area (Å²) >= 11 is 0. The molecule has 0 bridgehead atoms. The van der Waals surface area contributed by atoms with Gasteiger partial charge in [-0.2, -0.15) is 0 Å². The van der Waals surface area contributed by atoms with Crippen LogP contribution < -0.4 is 0 Å². The van der Waals surface area contributed by atoms with Gasteiger partial charge >= 0.3 is 0 Å². The summed E-state index contributed by atoms with van der Waals surface area (Å²) in [7, 11) is 0. The SMILES string of the molecule is C1=CCC=C1.CCC(C)C.CCC(C)C.CCC(C)C. The normalized spacial score (nSPS) is 11.6. The summed E-state index contributed by atoms with van der Waals surface area (Å²) in [6.07, 6.45) is 13.4.